The molecule has 0 N–H and O–H groups in total. The molecule has 0 nitrogen and oxygen atoms in total. The van der Waals surface area contributed by atoms with E-state index in [0.717, 1.165) is 4.58 Å². The molecule has 1 rings (SSSR count). The molecule has 0 atom stereocenters. The lowest BCUT2D eigenvalue weighted by molar-refractivity contribution is 0.562. The van der Waals surface area contributed by atoms with Gasteiger partial charge in [0.1, 0.15) is 0 Å². The maximum Gasteiger partial charge on any atom is 0.0710 e. The molecule has 0 bridgehead atoms. The molecule has 0 aromatic heterocycles. The lowest BCUT2D eigenvalue weighted by Crippen LogP contribution is -1.83. The van der Waals surface area contributed by atoms with E-state index in [4.69, 9.17) is 0 Å². The summed E-state index contributed by atoms with van der Waals surface area (Å²) < 4.78 is 0.986. The van der Waals surface area contributed by atoms with E-state index >= 15 is 0 Å². The second-order valence-electron chi connectivity index (χ2n) is 4.24. The van der Waals surface area contributed by atoms with Gasteiger partial charge < -0.3 is 0 Å². The summed E-state index contributed by atoms with van der Waals surface area (Å²) in [4.78, 5) is 0. The van der Waals surface area contributed by atoms with E-state index < -0.39 is 0 Å². The van der Waals surface area contributed by atoms with E-state index in [9.17, 15) is 0 Å². The fourth-order valence-corrected chi connectivity index (χ4v) is 3.17. The Bertz CT molecular complexity index is 121. The molecular formula is C12H24S2. The van der Waals surface area contributed by atoms with Crippen molar-refractivity contribution < 1.29 is 0 Å². The molecule has 0 spiro atoms. The van der Waals surface area contributed by atoms with Crippen LogP contribution in [0, 0.1) is 0 Å². The van der Waals surface area contributed by atoms with Gasteiger partial charge in [-0.15, -0.1) is 0 Å². The van der Waals surface area contributed by atoms with Crippen molar-refractivity contribution in [3.63, 3.8) is 0 Å². The summed E-state index contributed by atoms with van der Waals surface area (Å²) in [5, 5.41) is 0. The third kappa shape index (κ3) is 8.05. The highest BCUT2D eigenvalue weighted by Gasteiger charge is 2.22. The van der Waals surface area contributed by atoms with Gasteiger partial charge in [-0.05, 0) is 6.42 Å². The SMILES string of the molecule is CCCCCCCCCCCC1SS1. The summed E-state index contributed by atoms with van der Waals surface area (Å²) in [6.45, 7) is 2.29. The van der Waals surface area contributed by atoms with Crippen LogP contribution in [0.2, 0.25) is 0 Å². The number of hydrogen-bond donors (Lipinski definition) is 0. The summed E-state index contributed by atoms with van der Waals surface area (Å²) in [5.74, 6) is 0. The van der Waals surface area contributed by atoms with Crippen LogP contribution in [0.4, 0.5) is 0 Å². The van der Waals surface area contributed by atoms with Gasteiger partial charge in [-0.3, -0.25) is 0 Å². The summed E-state index contributed by atoms with van der Waals surface area (Å²) in [6, 6.07) is 0. The van der Waals surface area contributed by atoms with Crippen molar-refractivity contribution >= 4 is 21.6 Å². The number of hydrogen-bond acceptors (Lipinski definition) is 2. The van der Waals surface area contributed by atoms with Crippen molar-refractivity contribution in [3.8, 4) is 0 Å². The van der Waals surface area contributed by atoms with Gasteiger partial charge in [0, 0.05) is 0 Å². The van der Waals surface area contributed by atoms with Gasteiger partial charge in [0.2, 0.25) is 0 Å². The van der Waals surface area contributed by atoms with Crippen LogP contribution < -0.4 is 0 Å². The second-order valence-corrected chi connectivity index (χ2v) is 7.22. The molecule has 14 heavy (non-hydrogen) atoms. The second kappa shape index (κ2) is 8.96. The molecule has 1 fully saturated rings. The molecule has 0 saturated carbocycles. The molecule has 1 saturated heterocycles. The zero-order valence-corrected chi connectivity index (χ0v) is 11.1. The van der Waals surface area contributed by atoms with Crippen molar-refractivity contribution in [1.29, 1.82) is 0 Å². The van der Waals surface area contributed by atoms with Gasteiger partial charge in [-0.1, -0.05) is 86.3 Å². The van der Waals surface area contributed by atoms with Gasteiger partial charge in [-0.2, -0.15) is 0 Å². The Morgan fingerprint density at radius 2 is 1.21 bits per heavy atom. The molecule has 0 aliphatic carbocycles. The zero-order chi connectivity index (χ0) is 10.1. The molecule has 0 radical (unpaired) electrons. The topological polar surface area (TPSA) is 0 Å². The highest BCUT2D eigenvalue weighted by molar-refractivity contribution is 8.92. The average Bonchev–Trinajstić information content (AvgIpc) is 2.99. The van der Waals surface area contributed by atoms with E-state index in [1.54, 1.807) is 0 Å². The van der Waals surface area contributed by atoms with E-state index in [1.807, 2.05) is 0 Å². The minimum Gasteiger partial charge on any atom is -0.0777 e. The normalized spacial score (nSPS) is 16.1. The summed E-state index contributed by atoms with van der Waals surface area (Å²) in [5.41, 5.74) is 0. The average molecular weight is 232 g/mol. The number of rotatable bonds is 10. The highest BCUT2D eigenvalue weighted by atomic mass is 33.2. The monoisotopic (exact) mass is 232 g/mol. The molecule has 0 aromatic carbocycles. The highest BCUT2D eigenvalue weighted by Crippen LogP contribution is 2.55. The third-order valence-corrected chi connectivity index (χ3v) is 5.11. The molecule has 84 valence electrons. The van der Waals surface area contributed by atoms with Crippen molar-refractivity contribution in [2.75, 3.05) is 0 Å². The fraction of sp³-hybridized carbons (Fsp3) is 1.00. The third-order valence-electron chi connectivity index (χ3n) is 2.78. The molecular weight excluding hydrogens is 208 g/mol. The number of unbranched alkanes of at least 4 members (excludes halogenated alkanes) is 8. The van der Waals surface area contributed by atoms with Crippen molar-refractivity contribution in [2.45, 2.75) is 75.7 Å². The molecule has 0 aromatic rings. The Morgan fingerprint density at radius 1 is 0.714 bits per heavy atom. The zero-order valence-electron chi connectivity index (χ0n) is 9.46. The van der Waals surface area contributed by atoms with E-state index in [-0.39, 0.29) is 0 Å². The van der Waals surface area contributed by atoms with Crippen molar-refractivity contribution in [1.82, 2.24) is 0 Å². The van der Waals surface area contributed by atoms with Gasteiger partial charge in [0.15, 0.2) is 0 Å². The Kier molecular flexibility index (Phi) is 8.18. The molecule has 1 aliphatic heterocycles. The summed E-state index contributed by atoms with van der Waals surface area (Å²) in [7, 11) is 4.12. The lowest BCUT2D eigenvalue weighted by atomic mass is 10.1. The van der Waals surface area contributed by atoms with Gasteiger partial charge in [0.25, 0.3) is 0 Å². The summed E-state index contributed by atoms with van der Waals surface area (Å²) in [6.07, 6.45) is 14.6. The van der Waals surface area contributed by atoms with Crippen molar-refractivity contribution in [2.24, 2.45) is 0 Å². The van der Waals surface area contributed by atoms with Crippen LogP contribution in [0.1, 0.15) is 71.1 Å². The van der Waals surface area contributed by atoms with Crippen LogP contribution >= 0.6 is 21.6 Å². The Balaban J connectivity index is 1.63. The minimum atomic E-state index is 0.986. The van der Waals surface area contributed by atoms with Crippen molar-refractivity contribution in [3.05, 3.63) is 0 Å². The summed E-state index contributed by atoms with van der Waals surface area (Å²) >= 11 is 0. The molecule has 0 amide bonds. The molecule has 2 heteroatoms. The molecule has 1 heterocycles. The van der Waals surface area contributed by atoms with Crippen LogP contribution in [-0.4, -0.2) is 4.58 Å². The van der Waals surface area contributed by atoms with Crippen LogP contribution in [0.5, 0.6) is 0 Å². The van der Waals surface area contributed by atoms with Gasteiger partial charge >= 0.3 is 0 Å². The van der Waals surface area contributed by atoms with Crippen LogP contribution in [0.3, 0.4) is 0 Å². The Hall–Kier alpha value is 0.700. The van der Waals surface area contributed by atoms with E-state index in [1.165, 1.54) is 64.2 Å². The largest absolute Gasteiger partial charge is 0.0777 e. The lowest BCUT2D eigenvalue weighted by Gasteiger charge is -2.00. The van der Waals surface area contributed by atoms with Crippen LogP contribution in [-0.2, 0) is 0 Å². The first kappa shape index (κ1) is 12.8. The quantitative estimate of drug-likeness (QED) is 0.272. The van der Waals surface area contributed by atoms with Gasteiger partial charge in [-0.25, -0.2) is 0 Å². The Morgan fingerprint density at radius 3 is 1.71 bits per heavy atom. The first-order valence-corrected chi connectivity index (χ1v) is 8.53. The minimum absolute atomic E-state index is 0.986. The maximum atomic E-state index is 2.29. The molecule has 0 unspecified atom stereocenters. The van der Waals surface area contributed by atoms with E-state index in [0.29, 0.717) is 0 Å². The standard InChI is InChI=1S/C12H24S2/c1-2-3-4-5-6-7-8-9-10-11-12-13-14-12/h12H,2-11H2,1H3. The van der Waals surface area contributed by atoms with Crippen LogP contribution in [0.25, 0.3) is 0 Å². The first-order valence-electron chi connectivity index (χ1n) is 6.25. The Labute approximate surface area is 97.4 Å². The predicted molar refractivity (Wildman–Crippen MR) is 70.8 cm³/mol. The maximum absolute atomic E-state index is 2.29. The molecule has 1 aliphatic rings. The van der Waals surface area contributed by atoms with E-state index in [2.05, 4.69) is 28.5 Å². The fourth-order valence-electron chi connectivity index (χ4n) is 1.76. The predicted octanol–water partition coefficient (Wildman–Crippen LogP) is 5.63. The van der Waals surface area contributed by atoms with Gasteiger partial charge in [0.05, 0.1) is 4.58 Å². The smallest absolute Gasteiger partial charge is 0.0710 e. The van der Waals surface area contributed by atoms with Crippen LogP contribution in [0.15, 0.2) is 0 Å². The first-order chi connectivity index (χ1) is 6.93.